The van der Waals surface area contributed by atoms with Gasteiger partial charge < -0.3 is 10.1 Å². The summed E-state index contributed by atoms with van der Waals surface area (Å²) in [4.78, 5) is 18.0. The first kappa shape index (κ1) is 25.1. The molecule has 1 saturated heterocycles. The van der Waals surface area contributed by atoms with Crippen LogP contribution in [-0.2, 0) is 19.7 Å². The standard InChI is InChI=1S/C21H26F3N3O5S/c1-4-17(14(2)3)25-19(28)18-13-20(32-26-18)9-11-27(12-10-20)33(29,30)16-7-5-15(6-8-16)31-21(22,23)24/h5-8,13,17,26H,2,4,9-12H2,1,3H3,(H,25,28). The molecule has 0 radical (unpaired) electrons. The summed E-state index contributed by atoms with van der Waals surface area (Å²) >= 11 is 0. The molecule has 0 bridgehead atoms. The highest BCUT2D eigenvalue weighted by Crippen LogP contribution is 2.34. The molecule has 1 spiro atoms. The number of alkyl halides is 3. The van der Waals surface area contributed by atoms with Gasteiger partial charge in [-0.05, 0) is 56.5 Å². The van der Waals surface area contributed by atoms with E-state index in [0.29, 0.717) is 19.3 Å². The maximum absolute atomic E-state index is 12.9. The molecule has 1 aromatic carbocycles. The van der Waals surface area contributed by atoms with Gasteiger partial charge in [-0.1, -0.05) is 19.1 Å². The van der Waals surface area contributed by atoms with E-state index in [4.69, 9.17) is 4.84 Å². The zero-order valence-corrected chi connectivity index (χ0v) is 19.1. The normalized spacial score (nSPS) is 19.5. The molecule has 1 aromatic rings. The summed E-state index contributed by atoms with van der Waals surface area (Å²) in [5.41, 5.74) is 2.90. The average molecular weight is 490 g/mol. The van der Waals surface area contributed by atoms with Crippen molar-refractivity contribution >= 4 is 15.9 Å². The van der Waals surface area contributed by atoms with Crippen LogP contribution in [0.5, 0.6) is 5.75 Å². The summed E-state index contributed by atoms with van der Waals surface area (Å²) in [5, 5.41) is 2.87. The van der Waals surface area contributed by atoms with E-state index in [9.17, 15) is 26.4 Å². The number of nitrogens with zero attached hydrogens (tertiary/aromatic N) is 1. The molecule has 1 fully saturated rings. The molecule has 1 unspecified atom stereocenters. The van der Waals surface area contributed by atoms with Crippen molar-refractivity contribution < 1.29 is 36.0 Å². The van der Waals surface area contributed by atoms with Crippen LogP contribution < -0.4 is 15.5 Å². The second kappa shape index (κ2) is 9.35. The van der Waals surface area contributed by atoms with E-state index in [1.165, 1.54) is 4.31 Å². The summed E-state index contributed by atoms with van der Waals surface area (Å²) in [5.74, 6) is -0.838. The van der Waals surface area contributed by atoms with Crippen LogP contribution in [0.4, 0.5) is 13.2 Å². The third-order valence-corrected chi connectivity index (χ3v) is 7.50. The number of carbonyl (C=O) groups is 1. The molecule has 1 atom stereocenters. The van der Waals surface area contributed by atoms with E-state index < -0.39 is 27.7 Å². The second-order valence-corrected chi connectivity index (χ2v) is 9.97. The first-order valence-corrected chi connectivity index (χ1v) is 11.8. The first-order valence-electron chi connectivity index (χ1n) is 10.3. The fourth-order valence-electron chi connectivity index (χ4n) is 3.71. The van der Waals surface area contributed by atoms with Crippen molar-refractivity contribution in [3.63, 3.8) is 0 Å². The Morgan fingerprint density at radius 1 is 1.30 bits per heavy atom. The van der Waals surface area contributed by atoms with Crippen molar-refractivity contribution in [2.24, 2.45) is 0 Å². The minimum Gasteiger partial charge on any atom is -0.406 e. The SMILES string of the molecule is C=C(C)C(CC)NC(=O)C1=CC2(CCN(S(=O)(=O)c3ccc(OC(F)(F)F)cc3)CC2)ON1. The molecule has 0 saturated carbocycles. The number of sulfonamides is 1. The van der Waals surface area contributed by atoms with Crippen LogP contribution in [0, 0.1) is 0 Å². The second-order valence-electron chi connectivity index (χ2n) is 8.03. The number of nitrogens with one attached hydrogen (secondary N) is 2. The molecule has 2 heterocycles. The van der Waals surface area contributed by atoms with Gasteiger partial charge in [0.2, 0.25) is 10.0 Å². The largest absolute Gasteiger partial charge is 0.573 e. The van der Waals surface area contributed by atoms with Crippen molar-refractivity contribution in [3.8, 4) is 5.75 Å². The lowest BCUT2D eigenvalue weighted by Gasteiger charge is -2.35. The van der Waals surface area contributed by atoms with Gasteiger partial charge in [0.05, 0.1) is 4.90 Å². The van der Waals surface area contributed by atoms with Crippen molar-refractivity contribution in [1.82, 2.24) is 15.1 Å². The molecule has 0 aromatic heterocycles. The van der Waals surface area contributed by atoms with Crippen LogP contribution in [0.1, 0.15) is 33.1 Å². The number of amides is 1. The van der Waals surface area contributed by atoms with Gasteiger partial charge in [0, 0.05) is 19.1 Å². The summed E-state index contributed by atoms with van der Waals surface area (Å²) in [6.45, 7) is 7.84. The molecule has 8 nitrogen and oxygen atoms in total. The molecule has 2 aliphatic heterocycles. The van der Waals surface area contributed by atoms with Gasteiger partial charge in [-0.25, -0.2) is 8.42 Å². The number of benzene rings is 1. The highest BCUT2D eigenvalue weighted by molar-refractivity contribution is 7.89. The Morgan fingerprint density at radius 3 is 2.42 bits per heavy atom. The molecule has 2 aliphatic rings. The molecule has 2 N–H and O–H groups in total. The van der Waals surface area contributed by atoms with Crippen molar-refractivity contribution in [3.05, 3.63) is 48.2 Å². The number of hydrogen-bond acceptors (Lipinski definition) is 6. The van der Waals surface area contributed by atoms with Crippen LogP contribution >= 0.6 is 0 Å². The number of rotatable bonds is 7. The lowest BCUT2D eigenvalue weighted by Crippen LogP contribution is -2.46. The van der Waals surface area contributed by atoms with E-state index in [1.54, 1.807) is 6.08 Å². The molecule has 1 amide bonds. The van der Waals surface area contributed by atoms with Gasteiger partial charge in [-0.3, -0.25) is 15.1 Å². The van der Waals surface area contributed by atoms with Crippen LogP contribution in [0.15, 0.2) is 53.1 Å². The van der Waals surface area contributed by atoms with Crippen molar-refractivity contribution in [1.29, 1.82) is 0 Å². The number of hydrogen-bond donors (Lipinski definition) is 2. The molecular formula is C21H26F3N3O5S. The van der Waals surface area contributed by atoms with Gasteiger partial charge in [0.1, 0.15) is 17.0 Å². The van der Waals surface area contributed by atoms with E-state index in [2.05, 4.69) is 22.1 Å². The Hall–Kier alpha value is -2.57. The van der Waals surface area contributed by atoms with E-state index in [0.717, 1.165) is 29.8 Å². The van der Waals surface area contributed by atoms with Crippen LogP contribution in [0.25, 0.3) is 0 Å². The zero-order chi connectivity index (χ0) is 24.4. The Labute approximate surface area is 190 Å². The predicted molar refractivity (Wildman–Crippen MR) is 113 cm³/mol. The maximum atomic E-state index is 12.9. The molecule has 3 rings (SSSR count). The fourth-order valence-corrected chi connectivity index (χ4v) is 5.16. The molecule has 182 valence electrons. The Morgan fingerprint density at radius 2 is 1.91 bits per heavy atom. The Bertz CT molecular complexity index is 1030. The van der Waals surface area contributed by atoms with E-state index in [1.807, 2.05) is 13.8 Å². The predicted octanol–water partition coefficient (Wildman–Crippen LogP) is 3.00. The minimum atomic E-state index is -4.86. The number of carbonyl (C=O) groups excluding carboxylic acids is 1. The Balaban J connectivity index is 1.64. The van der Waals surface area contributed by atoms with Crippen LogP contribution in [0.2, 0.25) is 0 Å². The quantitative estimate of drug-likeness (QED) is 0.572. The topological polar surface area (TPSA) is 97.0 Å². The monoisotopic (exact) mass is 489 g/mol. The molecule has 12 heteroatoms. The van der Waals surface area contributed by atoms with Gasteiger partial charge in [-0.15, -0.1) is 13.2 Å². The highest BCUT2D eigenvalue weighted by atomic mass is 32.2. The maximum Gasteiger partial charge on any atom is 0.573 e. The third kappa shape index (κ3) is 5.87. The number of ether oxygens (including phenoxy) is 1. The zero-order valence-electron chi connectivity index (χ0n) is 18.2. The third-order valence-electron chi connectivity index (χ3n) is 5.59. The van der Waals surface area contributed by atoms with Gasteiger partial charge in [-0.2, -0.15) is 4.31 Å². The van der Waals surface area contributed by atoms with E-state index >= 15 is 0 Å². The number of hydroxylamine groups is 1. The van der Waals surface area contributed by atoms with Crippen LogP contribution in [0.3, 0.4) is 0 Å². The molecule has 33 heavy (non-hydrogen) atoms. The fraction of sp³-hybridized carbons (Fsp3) is 0.476. The van der Waals surface area contributed by atoms with Gasteiger partial charge in [0.25, 0.3) is 5.91 Å². The van der Waals surface area contributed by atoms with Crippen LogP contribution in [-0.4, -0.2) is 49.7 Å². The van der Waals surface area contributed by atoms with Gasteiger partial charge >= 0.3 is 6.36 Å². The van der Waals surface area contributed by atoms with Gasteiger partial charge in [0.15, 0.2) is 0 Å². The Kier molecular flexibility index (Phi) is 7.10. The van der Waals surface area contributed by atoms with E-state index in [-0.39, 0.29) is 35.6 Å². The van der Waals surface area contributed by atoms with Crippen molar-refractivity contribution in [2.75, 3.05) is 13.1 Å². The lowest BCUT2D eigenvalue weighted by atomic mass is 9.92. The summed E-state index contributed by atoms with van der Waals surface area (Å²) in [7, 11) is -3.92. The minimum absolute atomic E-state index is 0.111. The molecular weight excluding hydrogens is 463 g/mol. The number of piperidine rings is 1. The summed E-state index contributed by atoms with van der Waals surface area (Å²) < 4.78 is 67.7. The first-order chi connectivity index (χ1) is 15.3. The molecule has 0 aliphatic carbocycles. The lowest BCUT2D eigenvalue weighted by molar-refractivity contribution is -0.274. The summed E-state index contributed by atoms with van der Waals surface area (Å²) in [6, 6.07) is 3.89. The number of halogens is 3. The summed E-state index contributed by atoms with van der Waals surface area (Å²) in [6.07, 6.45) is -1.91. The highest BCUT2D eigenvalue weighted by Gasteiger charge is 2.43. The smallest absolute Gasteiger partial charge is 0.406 e. The average Bonchev–Trinajstić information content (AvgIpc) is 3.14. The van der Waals surface area contributed by atoms with Crippen molar-refractivity contribution in [2.45, 2.75) is 56.0 Å².